The number of hydrogen-bond donors (Lipinski definition) is 2. The zero-order chi connectivity index (χ0) is 14.3. The summed E-state index contributed by atoms with van der Waals surface area (Å²) in [6, 6.07) is 7.34. The largest absolute Gasteiger partial charge is 0.497 e. The topological polar surface area (TPSA) is 75.6 Å². The maximum absolute atomic E-state index is 11.6. The van der Waals surface area contributed by atoms with Crippen molar-refractivity contribution in [2.24, 2.45) is 0 Å². The fourth-order valence-electron chi connectivity index (χ4n) is 1.69. The fourth-order valence-corrected chi connectivity index (χ4v) is 1.69. The van der Waals surface area contributed by atoms with Crippen molar-refractivity contribution in [1.29, 1.82) is 0 Å². The molecule has 5 nitrogen and oxygen atoms in total. The number of methoxy groups -OCH3 is 1. The van der Waals surface area contributed by atoms with E-state index in [0.29, 0.717) is 6.42 Å². The van der Waals surface area contributed by atoms with E-state index < -0.39 is 5.97 Å². The predicted molar refractivity (Wildman–Crippen MR) is 71.0 cm³/mol. The van der Waals surface area contributed by atoms with Gasteiger partial charge < -0.3 is 15.2 Å². The monoisotopic (exact) mass is 265 g/mol. The van der Waals surface area contributed by atoms with Gasteiger partial charge in [-0.25, -0.2) is 0 Å². The maximum Gasteiger partial charge on any atom is 0.303 e. The lowest BCUT2D eigenvalue weighted by atomic mass is 10.1. The molecule has 0 unspecified atom stereocenters. The Kier molecular flexibility index (Phi) is 5.85. The number of benzene rings is 1. The van der Waals surface area contributed by atoms with Crippen LogP contribution in [0, 0.1) is 0 Å². The Morgan fingerprint density at radius 1 is 1.26 bits per heavy atom. The molecule has 0 heterocycles. The molecular weight excluding hydrogens is 246 g/mol. The summed E-state index contributed by atoms with van der Waals surface area (Å²) in [6.45, 7) is 1.89. The Hall–Kier alpha value is -2.04. The molecule has 1 aromatic rings. The highest BCUT2D eigenvalue weighted by Gasteiger charge is 2.10. The zero-order valence-electron chi connectivity index (χ0n) is 11.2. The van der Waals surface area contributed by atoms with Crippen molar-refractivity contribution in [3.05, 3.63) is 29.8 Å². The summed E-state index contributed by atoms with van der Waals surface area (Å²) < 4.78 is 5.06. The zero-order valence-corrected chi connectivity index (χ0v) is 11.2. The van der Waals surface area contributed by atoms with Crippen LogP contribution >= 0.6 is 0 Å². The minimum Gasteiger partial charge on any atom is -0.497 e. The second-order valence-corrected chi connectivity index (χ2v) is 4.31. The van der Waals surface area contributed by atoms with Crippen LogP contribution in [0.3, 0.4) is 0 Å². The van der Waals surface area contributed by atoms with E-state index in [2.05, 4.69) is 5.32 Å². The van der Waals surface area contributed by atoms with Crippen LogP contribution in [0.15, 0.2) is 24.3 Å². The number of ether oxygens (including phenoxy) is 1. The third kappa shape index (κ3) is 5.42. The predicted octanol–water partition coefficient (Wildman–Crippen LogP) is 2.13. The highest BCUT2D eigenvalue weighted by Crippen LogP contribution is 2.17. The second-order valence-electron chi connectivity index (χ2n) is 4.31. The Morgan fingerprint density at radius 3 is 2.42 bits per heavy atom. The standard InChI is InChI=1S/C14H19NO4/c1-10(11-6-8-12(19-2)9-7-11)15-13(16)4-3-5-14(17)18/h6-10H,3-5H2,1-2H3,(H,15,16)(H,17,18)/t10-/m0/s1. The van der Waals surface area contributed by atoms with Crippen molar-refractivity contribution in [3.63, 3.8) is 0 Å². The molecule has 1 rings (SSSR count). The molecular formula is C14H19NO4. The van der Waals surface area contributed by atoms with E-state index in [0.717, 1.165) is 11.3 Å². The summed E-state index contributed by atoms with van der Waals surface area (Å²) in [5.74, 6) is -0.246. The van der Waals surface area contributed by atoms with Crippen LogP contribution in [-0.4, -0.2) is 24.1 Å². The molecule has 0 aliphatic rings. The fraction of sp³-hybridized carbons (Fsp3) is 0.429. The Balaban J connectivity index is 2.42. The first-order valence-electron chi connectivity index (χ1n) is 6.18. The molecule has 0 aromatic heterocycles. The van der Waals surface area contributed by atoms with Gasteiger partial charge in [-0.05, 0) is 31.0 Å². The number of carboxylic acid groups (broad SMARTS) is 1. The molecule has 1 aromatic carbocycles. The molecule has 0 bridgehead atoms. The number of aliphatic carboxylic acids is 1. The van der Waals surface area contributed by atoms with E-state index in [4.69, 9.17) is 9.84 Å². The summed E-state index contributed by atoms with van der Waals surface area (Å²) in [5.41, 5.74) is 0.979. The van der Waals surface area contributed by atoms with Crippen molar-refractivity contribution in [2.45, 2.75) is 32.2 Å². The third-order valence-corrected chi connectivity index (χ3v) is 2.79. The number of carbonyl (C=O) groups excluding carboxylic acids is 1. The third-order valence-electron chi connectivity index (χ3n) is 2.79. The van der Waals surface area contributed by atoms with Gasteiger partial charge in [0, 0.05) is 12.8 Å². The molecule has 0 radical (unpaired) electrons. The van der Waals surface area contributed by atoms with Crippen LogP contribution < -0.4 is 10.1 Å². The van der Waals surface area contributed by atoms with Crippen molar-refractivity contribution in [3.8, 4) is 5.75 Å². The summed E-state index contributed by atoms with van der Waals surface area (Å²) in [7, 11) is 1.60. The van der Waals surface area contributed by atoms with Crippen molar-refractivity contribution in [1.82, 2.24) is 5.32 Å². The minimum atomic E-state index is -0.879. The van der Waals surface area contributed by atoms with E-state index in [-0.39, 0.29) is 24.8 Å². The van der Waals surface area contributed by atoms with Gasteiger partial charge in [0.25, 0.3) is 0 Å². The lowest BCUT2D eigenvalue weighted by Gasteiger charge is -2.14. The lowest BCUT2D eigenvalue weighted by molar-refractivity contribution is -0.137. The molecule has 5 heteroatoms. The number of rotatable bonds is 7. The molecule has 19 heavy (non-hydrogen) atoms. The highest BCUT2D eigenvalue weighted by atomic mass is 16.5. The first-order chi connectivity index (χ1) is 9.02. The molecule has 1 amide bonds. The van der Waals surface area contributed by atoms with Crippen molar-refractivity contribution in [2.75, 3.05) is 7.11 Å². The van der Waals surface area contributed by atoms with Gasteiger partial charge in [-0.3, -0.25) is 9.59 Å². The number of carboxylic acids is 1. The first-order valence-corrected chi connectivity index (χ1v) is 6.18. The van der Waals surface area contributed by atoms with Crippen molar-refractivity contribution >= 4 is 11.9 Å². The lowest BCUT2D eigenvalue weighted by Crippen LogP contribution is -2.26. The van der Waals surface area contributed by atoms with Crippen molar-refractivity contribution < 1.29 is 19.4 Å². The maximum atomic E-state index is 11.6. The highest BCUT2D eigenvalue weighted by molar-refractivity contribution is 5.77. The van der Waals surface area contributed by atoms with Crippen LogP contribution in [-0.2, 0) is 9.59 Å². The Morgan fingerprint density at radius 2 is 1.89 bits per heavy atom. The Labute approximate surface area is 112 Å². The molecule has 0 saturated carbocycles. The Bertz CT molecular complexity index is 428. The summed E-state index contributed by atoms with van der Waals surface area (Å²) in [6.07, 6.45) is 0.605. The van der Waals surface area contributed by atoms with E-state index in [9.17, 15) is 9.59 Å². The van der Waals surface area contributed by atoms with Gasteiger partial charge in [0.15, 0.2) is 0 Å². The van der Waals surface area contributed by atoms with Crippen LogP contribution in [0.4, 0.5) is 0 Å². The molecule has 0 spiro atoms. The quantitative estimate of drug-likeness (QED) is 0.792. The average molecular weight is 265 g/mol. The van der Waals surface area contributed by atoms with Gasteiger partial charge in [-0.1, -0.05) is 12.1 Å². The normalized spacial score (nSPS) is 11.7. The SMILES string of the molecule is COc1ccc([C@H](C)NC(=O)CCCC(=O)O)cc1. The number of amides is 1. The average Bonchev–Trinajstić information content (AvgIpc) is 2.38. The van der Waals surface area contributed by atoms with Gasteiger partial charge in [-0.2, -0.15) is 0 Å². The number of hydrogen-bond acceptors (Lipinski definition) is 3. The molecule has 0 saturated heterocycles. The summed E-state index contributed by atoms with van der Waals surface area (Å²) in [5, 5.41) is 11.3. The van der Waals surface area contributed by atoms with Gasteiger partial charge in [0.05, 0.1) is 13.2 Å². The molecule has 0 aliphatic carbocycles. The molecule has 0 aliphatic heterocycles. The van der Waals surface area contributed by atoms with Crippen LogP contribution in [0.5, 0.6) is 5.75 Å². The number of nitrogens with one attached hydrogen (secondary N) is 1. The van der Waals surface area contributed by atoms with Crippen LogP contribution in [0.2, 0.25) is 0 Å². The molecule has 1 atom stereocenters. The van der Waals surface area contributed by atoms with Gasteiger partial charge >= 0.3 is 5.97 Å². The summed E-state index contributed by atoms with van der Waals surface area (Å²) in [4.78, 5) is 21.9. The first kappa shape index (κ1) is 15.0. The molecule has 2 N–H and O–H groups in total. The van der Waals surface area contributed by atoms with Crippen LogP contribution in [0.25, 0.3) is 0 Å². The van der Waals surface area contributed by atoms with E-state index in [1.54, 1.807) is 7.11 Å². The molecule has 104 valence electrons. The van der Waals surface area contributed by atoms with Gasteiger partial charge in [-0.15, -0.1) is 0 Å². The van der Waals surface area contributed by atoms with Crippen LogP contribution in [0.1, 0.15) is 37.8 Å². The smallest absolute Gasteiger partial charge is 0.303 e. The van der Waals surface area contributed by atoms with E-state index in [1.807, 2.05) is 31.2 Å². The second kappa shape index (κ2) is 7.41. The van der Waals surface area contributed by atoms with Gasteiger partial charge in [0.1, 0.15) is 5.75 Å². The van der Waals surface area contributed by atoms with E-state index in [1.165, 1.54) is 0 Å². The molecule has 0 fully saturated rings. The van der Waals surface area contributed by atoms with Gasteiger partial charge in [0.2, 0.25) is 5.91 Å². The summed E-state index contributed by atoms with van der Waals surface area (Å²) >= 11 is 0. The number of carbonyl (C=O) groups is 2. The minimum absolute atomic E-state index is 0.0182. The van der Waals surface area contributed by atoms with E-state index >= 15 is 0 Å².